The second kappa shape index (κ2) is 5.18. The van der Waals surface area contributed by atoms with E-state index in [0.717, 1.165) is 17.5 Å². The summed E-state index contributed by atoms with van der Waals surface area (Å²) in [6, 6.07) is 8.68. The summed E-state index contributed by atoms with van der Waals surface area (Å²) in [7, 11) is 0. The zero-order valence-electron chi connectivity index (χ0n) is 11.2. The van der Waals surface area contributed by atoms with E-state index in [1.807, 2.05) is 13.0 Å². The number of carboxylic acids is 1. The summed E-state index contributed by atoms with van der Waals surface area (Å²) in [5.41, 5.74) is 2.89. The van der Waals surface area contributed by atoms with Gasteiger partial charge in [-0.3, -0.25) is 0 Å². The fourth-order valence-electron chi connectivity index (χ4n) is 2.21. The van der Waals surface area contributed by atoms with Crippen molar-refractivity contribution in [1.82, 2.24) is 14.6 Å². The predicted octanol–water partition coefficient (Wildman–Crippen LogP) is 3.31. The number of hydrogen-bond donors (Lipinski definition) is 1. The van der Waals surface area contributed by atoms with Crippen molar-refractivity contribution in [2.75, 3.05) is 0 Å². The van der Waals surface area contributed by atoms with Gasteiger partial charge in [0.05, 0.1) is 11.9 Å². The molecule has 0 aliphatic carbocycles. The smallest absolute Gasteiger partial charge is 0.354 e. The highest BCUT2D eigenvalue weighted by molar-refractivity contribution is 6.30. The monoisotopic (exact) mass is 301 g/mol. The Bertz CT molecular complexity index is 842. The molecule has 0 atom stereocenters. The molecule has 0 unspecified atom stereocenters. The number of rotatable bonds is 3. The number of nitrogens with zero attached hydrogens (tertiary/aromatic N) is 3. The largest absolute Gasteiger partial charge is 0.477 e. The quantitative estimate of drug-likeness (QED) is 0.806. The Morgan fingerprint density at radius 2 is 2.19 bits per heavy atom. The molecule has 106 valence electrons. The number of benzene rings is 1. The predicted molar refractivity (Wildman–Crippen MR) is 79.8 cm³/mol. The highest BCUT2D eigenvalue weighted by Gasteiger charge is 2.16. The van der Waals surface area contributed by atoms with E-state index < -0.39 is 5.97 Å². The van der Waals surface area contributed by atoms with E-state index in [2.05, 4.69) is 10.1 Å². The molecule has 2 heterocycles. The molecule has 2 aromatic heterocycles. The first-order valence-corrected chi connectivity index (χ1v) is 6.85. The van der Waals surface area contributed by atoms with E-state index in [9.17, 15) is 9.90 Å². The molecule has 0 aliphatic heterocycles. The summed E-state index contributed by atoms with van der Waals surface area (Å²) in [6.45, 7) is 1.98. The van der Waals surface area contributed by atoms with Crippen LogP contribution in [-0.2, 0) is 6.42 Å². The van der Waals surface area contributed by atoms with Crippen LogP contribution in [0, 0.1) is 0 Å². The van der Waals surface area contributed by atoms with Gasteiger partial charge in [0.15, 0.2) is 11.3 Å². The summed E-state index contributed by atoms with van der Waals surface area (Å²) in [4.78, 5) is 16.0. The van der Waals surface area contributed by atoms with Crippen LogP contribution in [0.5, 0.6) is 0 Å². The highest BCUT2D eigenvalue weighted by atomic mass is 35.5. The van der Waals surface area contributed by atoms with Crippen molar-refractivity contribution >= 4 is 23.2 Å². The molecule has 3 aromatic rings. The van der Waals surface area contributed by atoms with Crippen LogP contribution in [0.15, 0.2) is 36.5 Å². The van der Waals surface area contributed by atoms with Crippen molar-refractivity contribution in [3.05, 3.63) is 52.8 Å². The van der Waals surface area contributed by atoms with Gasteiger partial charge in [-0.05, 0) is 24.6 Å². The average Bonchev–Trinajstić information content (AvgIpc) is 2.89. The lowest BCUT2D eigenvalue weighted by atomic mass is 10.1. The van der Waals surface area contributed by atoms with Crippen LogP contribution >= 0.6 is 11.6 Å². The molecule has 3 rings (SSSR count). The molecule has 1 aromatic carbocycles. The van der Waals surface area contributed by atoms with E-state index in [4.69, 9.17) is 11.6 Å². The molecule has 0 bridgehead atoms. The molecule has 0 spiro atoms. The molecule has 21 heavy (non-hydrogen) atoms. The second-order valence-electron chi connectivity index (χ2n) is 4.60. The number of aromatic carboxylic acids is 1. The fraction of sp³-hybridized carbons (Fsp3) is 0.133. The summed E-state index contributed by atoms with van der Waals surface area (Å²) in [5, 5.41) is 14.1. The van der Waals surface area contributed by atoms with Gasteiger partial charge < -0.3 is 5.11 Å². The summed E-state index contributed by atoms with van der Waals surface area (Å²) in [5.74, 6) is -1.04. The lowest BCUT2D eigenvalue weighted by molar-refractivity contribution is 0.0687. The number of aromatic nitrogens is 3. The lowest BCUT2D eigenvalue weighted by Gasteiger charge is -2.06. The first kappa shape index (κ1) is 13.6. The summed E-state index contributed by atoms with van der Waals surface area (Å²) < 4.78 is 1.36. The Morgan fingerprint density at radius 1 is 1.38 bits per heavy atom. The van der Waals surface area contributed by atoms with Crippen LogP contribution in [0.3, 0.4) is 0 Å². The molecular formula is C15H12ClN3O2. The molecule has 0 saturated heterocycles. The van der Waals surface area contributed by atoms with Crippen LogP contribution in [0.4, 0.5) is 0 Å². The normalized spacial score (nSPS) is 11.0. The first-order chi connectivity index (χ1) is 10.1. The van der Waals surface area contributed by atoms with E-state index >= 15 is 0 Å². The van der Waals surface area contributed by atoms with Gasteiger partial charge >= 0.3 is 5.97 Å². The third kappa shape index (κ3) is 2.36. The third-order valence-corrected chi connectivity index (χ3v) is 3.50. The lowest BCUT2D eigenvalue weighted by Crippen LogP contribution is -2.08. The maximum Gasteiger partial charge on any atom is 0.354 e. The van der Waals surface area contributed by atoms with Crippen molar-refractivity contribution in [2.45, 2.75) is 13.3 Å². The second-order valence-corrected chi connectivity index (χ2v) is 5.04. The minimum absolute atomic E-state index is 0.0784. The van der Waals surface area contributed by atoms with E-state index in [1.54, 1.807) is 24.4 Å². The molecule has 1 N–H and O–H groups in total. The minimum atomic E-state index is -1.04. The maximum absolute atomic E-state index is 11.4. The SMILES string of the molecule is CCc1cnn2c(C(=O)O)cc(-c3cccc(Cl)c3)nc12. The number of carbonyl (C=O) groups is 1. The maximum atomic E-state index is 11.4. The zero-order valence-corrected chi connectivity index (χ0v) is 12.0. The van der Waals surface area contributed by atoms with Crippen molar-refractivity contribution in [1.29, 1.82) is 0 Å². The van der Waals surface area contributed by atoms with Crippen LogP contribution in [0.25, 0.3) is 16.9 Å². The average molecular weight is 302 g/mol. The number of carboxylic acid groups (broad SMARTS) is 1. The van der Waals surface area contributed by atoms with Gasteiger partial charge in [-0.1, -0.05) is 30.7 Å². The standard InChI is InChI=1S/C15H12ClN3O2/c1-2-9-8-17-19-13(15(20)21)7-12(18-14(9)19)10-4-3-5-11(16)6-10/h3-8H,2H2,1H3,(H,20,21). The Kier molecular flexibility index (Phi) is 3.35. The highest BCUT2D eigenvalue weighted by Crippen LogP contribution is 2.24. The summed E-state index contributed by atoms with van der Waals surface area (Å²) >= 11 is 5.99. The third-order valence-electron chi connectivity index (χ3n) is 3.27. The van der Waals surface area contributed by atoms with Crippen molar-refractivity contribution < 1.29 is 9.90 Å². The van der Waals surface area contributed by atoms with Gasteiger partial charge in [0.1, 0.15) is 0 Å². The van der Waals surface area contributed by atoms with Crippen molar-refractivity contribution in [3.8, 4) is 11.3 Å². The van der Waals surface area contributed by atoms with Gasteiger partial charge in [0.2, 0.25) is 0 Å². The fourth-order valence-corrected chi connectivity index (χ4v) is 2.40. The Hall–Kier alpha value is -2.40. The van der Waals surface area contributed by atoms with Crippen LogP contribution in [0.2, 0.25) is 5.02 Å². The van der Waals surface area contributed by atoms with Gasteiger partial charge in [-0.15, -0.1) is 0 Å². The number of hydrogen-bond acceptors (Lipinski definition) is 3. The topological polar surface area (TPSA) is 67.5 Å². The molecular weight excluding hydrogens is 290 g/mol. The van der Waals surface area contributed by atoms with Gasteiger partial charge in [-0.2, -0.15) is 5.10 Å². The number of halogens is 1. The van der Waals surface area contributed by atoms with Gasteiger partial charge in [0, 0.05) is 16.1 Å². The van der Waals surface area contributed by atoms with E-state index in [-0.39, 0.29) is 5.69 Å². The molecule has 0 amide bonds. The Labute approximate surface area is 125 Å². The Balaban J connectivity index is 2.31. The molecule has 0 fully saturated rings. The molecule has 0 radical (unpaired) electrons. The van der Waals surface area contributed by atoms with Crippen LogP contribution < -0.4 is 0 Å². The van der Waals surface area contributed by atoms with Crippen molar-refractivity contribution in [2.24, 2.45) is 0 Å². The summed E-state index contributed by atoms with van der Waals surface area (Å²) in [6.07, 6.45) is 2.38. The molecule has 5 nitrogen and oxygen atoms in total. The van der Waals surface area contributed by atoms with Crippen molar-refractivity contribution in [3.63, 3.8) is 0 Å². The molecule has 0 aliphatic rings. The number of fused-ring (bicyclic) bond motifs is 1. The minimum Gasteiger partial charge on any atom is -0.477 e. The van der Waals surface area contributed by atoms with E-state index in [1.165, 1.54) is 10.6 Å². The van der Waals surface area contributed by atoms with Gasteiger partial charge in [0.25, 0.3) is 0 Å². The first-order valence-electron chi connectivity index (χ1n) is 6.47. The molecule has 0 saturated carbocycles. The Morgan fingerprint density at radius 3 is 2.86 bits per heavy atom. The zero-order chi connectivity index (χ0) is 15.0. The van der Waals surface area contributed by atoms with Gasteiger partial charge in [-0.25, -0.2) is 14.3 Å². The molecule has 6 heteroatoms. The number of aryl methyl sites for hydroxylation is 1. The van der Waals surface area contributed by atoms with E-state index in [0.29, 0.717) is 16.4 Å². The van der Waals surface area contributed by atoms with Crippen LogP contribution in [-0.4, -0.2) is 25.7 Å². The van der Waals surface area contributed by atoms with Crippen LogP contribution in [0.1, 0.15) is 23.0 Å².